The van der Waals surface area contributed by atoms with Gasteiger partial charge in [0.2, 0.25) is 5.91 Å². The molecule has 0 bridgehead atoms. The van der Waals surface area contributed by atoms with Gasteiger partial charge in [0.25, 0.3) is 0 Å². The topological polar surface area (TPSA) is 82.1 Å². The second kappa shape index (κ2) is 9.66. The lowest BCUT2D eigenvalue weighted by Crippen LogP contribution is -2.45. The van der Waals surface area contributed by atoms with E-state index in [0.29, 0.717) is 10.2 Å². The first kappa shape index (κ1) is 21.8. The van der Waals surface area contributed by atoms with Gasteiger partial charge >= 0.3 is 11.9 Å². The maximum Gasteiger partial charge on any atom is 0.303 e. The third-order valence-corrected chi connectivity index (χ3v) is 5.81. The molecule has 0 N–H and O–H groups in total. The predicted molar refractivity (Wildman–Crippen MR) is 105 cm³/mol. The van der Waals surface area contributed by atoms with Crippen molar-refractivity contribution >= 4 is 46.1 Å². The zero-order chi connectivity index (χ0) is 20.1. The van der Waals surface area contributed by atoms with Crippen LogP contribution >= 0.6 is 24.0 Å². The molecular formula is C18H25NO6S2. The molecule has 1 saturated heterocycles. The summed E-state index contributed by atoms with van der Waals surface area (Å²) in [5.41, 5.74) is 0. The highest BCUT2D eigenvalue weighted by molar-refractivity contribution is 8.23. The normalized spacial score (nSPS) is 27.7. The summed E-state index contributed by atoms with van der Waals surface area (Å²) in [7, 11) is 0. The Morgan fingerprint density at radius 2 is 2.00 bits per heavy atom. The van der Waals surface area contributed by atoms with E-state index < -0.39 is 30.3 Å². The first-order chi connectivity index (χ1) is 12.7. The largest absolute Gasteiger partial charge is 0.463 e. The molecule has 1 fully saturated rings. The minimum Gasteiger partial charge on any atom is -0.463 e. The quantitative estimate of drug-likeness (QED) is 0.371. The molecule has 2 aliphatic rings. The fourth-order valence-electron chi connectivity index (χ4n) is 2.95. The monoisotopic (exact) mass is 415 g/mol. The first-order valence-electron chi connectivity index (χ1n) is 8.82. The van der Waals surface area contributed by atoms with E-state index in [4.69, 9.17) is 26.4 Å². The number of esters is 2. The molecule has 2 rings (SSSR count). The third-order valence-electron chi connectivity index (χ3n) is 4.30. The molecule has 9 heteroatoms. The molecular weight excluding hydrogens is 390 g/mol. The maximum absolute atomic E-state index is 12.8. The van der Waals surface area contributed by atoms with Crippen molar-refractivity contribution in [1.29, 1.82) is 0 Å². The van der Waals surface area contributed by atoms with Gasteiger partial charge in [-0.1, -0.05) is 43.9 Å². The van der Waals surface area contributed by atoms with E-state index in [1.54, 1.807) is 17.1 Å². The summed E-state index contributed by atoms with van der Waals surface area (Å²) in [6, 6.07) is 0.0770. The summed E-state index contributed by atoms with van der Waals surface area (Å²) < 4.78 is 16.7. The molecule has 0 saturated carbocycles. The molecule has 0 radical (unpaired) electrons. The summed E-state index contributed by atoms with van der Waals surface area (Å²) in [6.07, 6.45) is 1.65. The average Bonchev–Trinajstić information content (AvgIpc) is 2.96. The Bertz CT molecular complexity index is 635. The minimum atomic E-state index is -0.667. The standard InChI is InChI=1S/C18H25NO6S2/c1-10(2)14-9-27-18(26)19(14)17(22)7-13-5-6-15(24-12(4)21)16(25-13)8-23-11(3)20/h5-6,10,13-16H,7-9H2,1-4H3/t13-,14+,15+,16+/m0/s1. The van der Waals surface area contributed by atoms with E-state index in [9.17, 15) is 14.4 Å². The number of ether oxygens (including phenoxy) is 3. The van der Waals surface area contributed by atoms with Gasteiger partial charge in [0.05, 0.1) is 12.5 Å². The van der Waals surface area contributed by atoms with Crippen molar-refractivity contribution in [2.45, 2.75) is 58.5 Å². The summed E-state index contributed by atoms with van der Waals surface area (Å²) in [5, 5.41) is 0. The van der Waals surface area contributed by atoms with E-state index in [2.05, 4.69) is 13.8 Å². The number of carbonyl (C=O) groups is 3. The number of amides is 1. The van der Waals surface area contributed by atoms with Crippen LogP contribution < -0.4 is 0 Å². The van der Waals surface area contributed by atoms with Crippen LogP contribution in [-0.2, 0) is 28.6 Å². The predicted octanol–water partition coefficient (Wildman–Crippen LogP) is 2.08. The van der Waals surface area contributed by atoms with Crippen molar-refractivity contribution in [3.8, 4) is 0 Å². The number of hydrogen-bond acceptors (Lipinski definition) is 8. The van der Waals surface area contributed by atoms with Gasteiger partial charge in [-0.3, -0.25) is 19.3 Å². The molecule has 0 spiro atoms. The van der Waals surface area contributed by atoms with Crippen LogP contribution in [0.1, 0.15) is 34.1 Å². The fourth-order valence-corrected chi connectivity index (χ4v) is 4.61. The van der Waals surface area contributed by atoms with Crippen LogP contribution in [0.15, 0.2) is 12.2 Å². The summed E-state index contributed by atoms with van der Waals surface area (Å²) >= 11 is 6.85. The molecule has 0 aromatic heterocycles. The van der Waals surface area contributed by atoms with Crippen LogP contribution in [0.25, 0.3) is 0 Å². The second-order valence-electron chi connectivity index (χ2n) is 6.83. The summed E-state index contributed by atoms with van der Waals surface area (Å²) in [6.45, 7) is 6.66. The van der Waals surface area contributed by atoms with Crippen LogP contribution in [0.2, 0.25) is 0 Å². The highest BCUT2D eigenvalue weighted by Crippen LogP contribution is 2.30. The number of nitrogens with zero attached hydrogens (tertiary/aromatic N) is 1. The molecule has 150 valence electrons. The minimum absolute atomic E-state index is 0.0606. The smallest absolute Gasteiger partial charge is 0.303 e. The molecule has 0 unspecified atom stereocenters. The van der Waals surface area contributed by atoms with Crippen LogP contribution in [0.5, 0.6) is 0 Å². The van der Waals surface area contributed by atoms with Crippen molar-refractivity contribution in [3.05, 3.63) is 12.2 Å². The second-order valence-corrected chi connectivity index (χ2v) is 8.48. The molecule has 2 aliphatic heterocycles. The zero-order valence-corrected chi connectivity index (χ0v) is 17.5. The van der Waals surface area contributed by atoms with Crippen molar-refractivity contribution in [1.82, 2.24) is 4.90 Å². The van der Waals surface area contributed by atoms with E-state index >= 15 is 0 Å². The molecule has 27 heavy (non-hydrogen) atoms. The molecule has 1 amide bonds. The lowest BCUT2D eigenvalue weighted by atomic mass is 10.0. The maximum atomic E-state index is 12.8. The van der Waals surface area contributed by atoms with E-state index in [0.717, 1.165) is 5.75 Å². The SMILES string of the molecule is CC(=O)OC[C@H]1O[C@H](CC(=O)N2C(=S)SC[C@@H]2C(C)C)C=C[C@H]1OC(C)=O. The van der Waals surface area contributed by atoms with Crippen molar-refractivity contribution in [2.24, 2.45) is 5.92 Å². The third kappa shape index (κ3) is 6.02. The highest BCUT2D eigenvalue weighted by atomic mass is 32.2. The van der Waals surface area contributed by atoms with Gasteiger partial charge in [0.1, 0.15) is 23.1 Å². The Kier molecular flexibility index (Phi) is 7.81. The Morgan fingerprint density at radius 3 is 2.59 bits per heavy atom. The zero-order valence-electron chi connectivity index (χ0n) is 15.9. The molecule has 7 nitrogen and oxygen atoms in total. The van der Waals surface area contributed by atoms with E-state index in [1.165, 1.54) is 25.6 Å². The molecule has 2 heterocycles. The number of thioether (sulfide) groups is 1. The average molecular weight is 416 g/mol. The van der Waals surface area contributed by atoms with Gasteiger partial charge in [0, 0.05) is 25.6 Å². The molecule has 0 aromatic rings. The molecule has 4 atom stereocenters. The van der Waals surface area contributed by atoms with E-state index in [-0.39, 0.29) is 25.0 Å². The number of rotatable bonds is 6. The number of hydrogen-bond donors (Lipinski definition) is 0. The van der Waals surface area contributed by atoms with Gasteiger partial charge in [-0.25, -0.2) is 0 Å². The van der Waals surface area contributed by atoms with Crippen LogP contribution in [-0.4, -0.2) is 63.8 Å². The Labute approximate surface area is 168 Å². The fraction of sp³-hybridized carbons (Fsp3) is 0.667. The van der Waals surface area contributed by atoms with Crippen LogP contribution in [0, 0.1) is 5.92 Å². The van der Waals surface area contributed by atoms with Crippen LogP contribution in [0.4, 0.5) is 0 Å². The van der Waals surface area contributed by atoms with Crippen LogP contribution in [0.3, 0.4) is 0 Å². The Morgan fingerprint density at radius 1 is 1.30 bits per heavy atom. The van der Waals surface area contributed by atoms with Crippen molar-refractivity contribution in [2.75, 3.05) is 12.4 Å². The molecule has 0 aliphatic carbocycles. The summed E-state index contributed by atoms with van der Waals surface area (Å²) in [4.78, 5) is 36.9. The first-order valence-corrected chi connectivity index (χ1v) is 10.2. The van der Waals surface area contributed by atoms with E-state index in [1.807, 2.05) is 0 Å². The van der Waals surface area contributed by atoms with Gasteiger partial charge in [0.15, 0.2) is 0 Å². The lowest BCUT2D eigenvalue weighted by molar-refractivity contribution is -0.165. The number of thiocarbonyl (C=S) groups is 1. The Hall–Kier alpha value is -1.45. The molecule has 0 aromatic carbocycles. The summed E-state index contributed by atoms with van der Waals surface area (Å²) in [5.74, 6) is 0.0782. The van der Waals surface area contributed by atoms with Gasteiger partial charge in [-0.05, 0) is 12.0 Å². The highest BCUT2D eigenvalue weighted by Gasteiger charge is 2.38. The lowest BCUT2D eigenvalue weighted by Gasteiger charge is -2.33. The van der Waals surface area contributed by atoms with Gasteiger partial charge < -0.3 is 14.2 Å². The van der Waals surface area contributed by atoms with Crippen molar-refractivity contribution < 1.29 is 28.6 Å². The van der Waals surface area contributed by atoms with Gasteiger partial charge in [-0.15, -0.1) is 0 Å². The number of carbonyl (C=O) groups excluding carboxylic acids is 3. The Balaban J connectivity index is 2.05. The van der Waals surface area contributed by atoms with Crippen molar-refractivity contribution in [3.63, 3.8) is 0 Å². The van der Waals surface area contributed by atoms with Gasteiger partial charge in [-0.2, -0.15) is 0 Å².